The van der Waals surface area contributed by atoms with Gasteiger partial charge in [-0.25, -0.2) is 13.2 Å². The predicted molar refractivity (Wildman–Crippen MR) is 59.4 cm³/mol. The molecule has 0 aliphatic heterocycles. The van der Waals surface area contributed by atoms with Gasteiger partial charge in [-0.15, -0.1) is 0 Å². The molecule has 0 aromatic heterocycles. The minimum atomic E-state index is -2.35. The highest BCUT2D eigenvalue weighted by molar-refractivity contribution is 5.92. The van der Waals surface area contributed by atoms with E-state index in [0.717, 1.165) is 0 Å². The number of rotatable bonds is 6. The molecule has 0 heterocycles. The van der Waals surface area contributed by atoms with E-state index in [1.165, 1.54) is 0 Å². The highest BCUT2D eigenvalue weighted by Crippen LogP contribution is 2.30. The first-order valence-corrected chi connectivity index (χ1v) is 5.39. The number of hydrogen-bond acceptors (Lipinski definition) is 4. The topological polar surface area (TPSA) is 118 Å². The number of carboxylic acids is 2. The van der Waals surface area contributed by atoms with Crippen molar-refractivity contribution in [1.82, 2.24) is 0 Å². The molecule has 1 atom stereocenters. The number of nitrogens with zero attached hydrogens (tertiary/aromatic N) is 1. The van der Waals surface area contributed by atoms with Crippen molar-refractivity contribution in [2.75, 3.05) is 0 Å². The number of nitro groups is 1. The maximum atomic E-state index is 13.5. The lowest BCUT2D eigenvalue weighted by Crippen LogP contribution is -2.28. The molecule has 7 nitrogen and oxygen atoms in total. The third kappa shape index (κ3) is 3.46. The zero-order chi connectivity index (χ0) is 16.3. The second kappa shape index (κ2) is 6.20. The molecule has 114 valence electrons. The Morgan fingerprint density at radius 3 is 2.05 bits per heavy atom. The largest absolute Gasteiger partial charge is 0.481 e. The third-order valence-corrected chi connectivity index (χ3v) is 2.72. The van der Waals surface area contributed by atoms with Gasteiger partial charge in [-0.2, -0.15) is 0 Å². The molecule has 0 aliphatic carbocycles. The summed E-state index contributed by atoms with van der Waals surface area (Å²) in [5.41, 5.74) is -1.31. The fourth-order valence-electron chi connectivity index (χ4n) is 1.69. The van der Waals surface area contributed by atoms with E-state index in [4.69, 9.17) is 10.2 Å². The van der Waals surface area contributed by atoms with Gasteiger partial charge in [-0.3, -0.25) is 19.7 Å². The van der Waals surface area contributed by atoms with Crippen LogP contribution in [0, 0.1) is 33.5 Å². The Labute approximate surface area is 114 Å². The van der Waals surface area contributed by atoms with Crippen molar-refractivity contribution < 1.29 is 37.9 Å². The fourth-order valence-corrected chi connectivity index (χ4v) is 1.69. The molecule has 10 heteroatoms. The summed E-state index contributed by atoms with van der Waals surface area (Å²) in [6.45, 7) is 0. The molecular formula is C11H8F3NO6. The number of halogens is 3. The van der Waals surface area contributed by atoms with Crippen molar-refractivity contribution in [2.24, 2.45) is 5.92 Å². The first-order chi connectivity index (χ1) is 9.66. The van der Waals surface area contributed by atoms with Crippen LogP contribution in [0.25, 0.3) is 0 Å². The van der Waals surface area contributed by atoms with Gasteiger partial charge in [0.05, 0.1) is 5.56 Å². The zero-order valence-corrected chi connectivity index (χ0v) is 10.1. The molecule has 0 fully saturated rings. The molecule has 1 aromatic rings. The van der Waals surface area contributed by atoms with Crippen LogP contribution in [0.1, 0.15) is 18.0 Å². The monoisotopic (exact) mass is 307 g/mol. The van der Waals surface area contributed by atoms with E-state index < -0.39 is 58.3 Å². The Morgan fingerprint density at radius 1 is 1.14 bits per heavy atom. The Balaban J connectivity index is 3.32. The van der Waals surface area contributed by atoms with Gasteiger partial charge in [-0.05, 0) is 12.1 Å². The maximum Gasteiger partial charge on any atom is 0.318 e. The second-order valence-corrected chi connectivity index (χ2v) is 4.02. The SMILES string of the molecule is O=C(O)C(C[C@@H](c1c(F)ccc(F)c1F)[N+](=O)[O-])C(=O)O. The number of carboxylic acid groups (broad SMARTS) is 2. The van der Waals surface area contributed by atoms with Crippen LogP contribution in [0.15, 0.2) is 12.1 Å². The Morgan fingerprint density at radius 2 is 1.62 bits per heavy atom. The lowest BCUT2D eigenvalue weighted by molar-refractivity contribution is -0.531. The van der Waals surface area contributed by atoms with E-state index in [1.807, 2.05) is 0 Å². The molecule has 0 saturated carbocycles. The van der Waals surface area contributed by atoms with Crippen molar-refractivity contribution in [1.29, 1.82) is 0 Å². The summed E-state index contributed by atoms with van der Waals surface area (Å²) in [7, 11) is 0. The Hall–Kier alpha value is -2.65. The molecule has 0 aliphatic rings. The van der Waals surface area contributed by atoms with Crippen LogP contribution < -0.4 is 0 Å². The van der Waals surface area contributed by atoms with Crippen LogP contribution in [-0.4, -0.2) is 27.1 Å². The molecular weight excluding hydrogens is 299 g/mol. The summed E-state index contributed by atoms with van der Waals surface area (Å²) in [6, 6.07) is -1.52. The summed E-state index contributed by atoms with van der Waals surface area (Å²) in [4.78, 5) is 31.0. The molecule has 21 heavy (non-hydrogen) atoms. The first kappa shape index (κ1) is 16.4. The summed E-state index contributed by atoms with van der Waals surface area (Å²) >= 11 is 0. The van der Waals surface area contributed by atoms with E-state index in [1.54, 1.807) is 0 Å². The molecule has 0 amide bonds. The van der Waals surface area contributed by atoms with E-state index in [9.17, 15) is 32.9 Å². The van der Waals surface area contributed by atoms with Gasteiger partial charge in [-0.1, -0.05) is 0 Å². The molecule has 1 rings (SSSR count). The molecule has 0 bridgehead atoms. The van der Waals surface area contributed by atoms with Crippen molar-refractivity contribution >= 4 is 11.9 Å². The molecule has 0 saturated heterocycles. The van der Waals surface area contributed by atoms with Crippen LogP contribution >= 0.6 is 0 Å². The van der Waals surface area contributed by atoms with Gasteiger partial charge < -0.3 is 10.2 Å². The molecule has 0 unspecified atom stereocenters. The molecule has 2 N–H and O–H groups in total. The standard InChI is InChI=1S/C11H8F3NO6/c12-5-1-2-6(13)9(14)8(5)7(15(20)21)3-4(10(16)17)11(18)19/h1-2,4,7H,3H2,(H,16,17)(H,18,19)/t7-/m0/s1. The van der Waals surface area contributed by atoms with Crippen LogP contribution in [0.5, 0.6) is 0 Å². The smallest absolute Gasteiger partial charge is 0.318 e. The first-order valence-electron chi connectivity index (χ1n) is 5.39. The van der Waals surface area contributed by atoms with Gasteiger partial charge >= 0.3 is 11.9 Å². The summed E-state index contributed by atoms with van der Waals surface area (Å²) < 4.78 is 40.0. The van der Waals surface area contributed by atoms with E-state index >= 15 is 0 Å². The highest BCUT2D eigenvalue weighted by Gasteiger charge is 2.39. The molecule has 1 aromatic carbocycles. The van der Waals surface area contributed by atoms with Gasteiger partial charge in [0.2, 0.25) is 6.04 Å². The Bertz CT molecular complexity index is 592. The number of carbonyl (C=O) groups is 2. The van der Waals surface area contributed by atoms with Crippen LogP contribution in [0.3, 0.4) is 0 Å². The van der Waals surface area contributed by atoms with Crippen LogP contribution in [-0.2, 0) is 9.59 Å². The van der Waals surface area contributed by atoms with Gasteiger partial charge in [0, 0.05) is 11.3 Å². The lowest BCUT2D eigenvalue weighted by atomic mass is 9.94. The van der Waals surface area contributed by atoms with Crippen LogP contribution in [0.2, 0.25) is 0 Å². The number of aliphatic carboxylic acids is 2. The van der Waals surface area contributed by atoms with Crippen molar-refractivity contribution in [3.8, 4) is 0 Å². The summed E-state index contributed by atoms with van der Waals surface area (Å²) in [5, 5.41) is 28.2. The fraction of sp³-hybridized carbons (Fsp3) is 0.273. The quantitative estimate of drug-likeness (QED) is 0.357. The second-order valence-electron chi connectivity index (χ2n) is 4.02. The average Bonchev–Trinajstić information content (AvgIpc) is 2.36. The van der Waals surface area contributed by atoms with Crippen molar-refractivity contribution in [2.45, 2.75) is 12.5 Å². The van der Waals surface area contributed by atoms with Crippen molar-refractivity contribution in [3.05, 3.63) is 45.3 Å². The summed E-state index contributed by atoms with van der Waals surface area (Å²) in [5.74, 6) is -11.0. The van der Waals surface area contributed by atoms with E-state index in [0.29, 0.717) is 12.1 Å². The average molecular weight is 307 g/mol. The van der Waals surface area contributed by atoms with Gasteiger partial charge in [0.25, 0.3) is 0 Å². The Kier molecular flexibility index (Phi) is 4.84. The van der Waals surface area contributed by atoms with E-state index in [-0.39, 0.29) is 0 Å². The molecule has 0 radical (unpaired) electrons. The minimum absolute atomic E-state index is 0.400. The molecule has 0 spiro atoms. The minimum Gasteiger partial charge on any atom is -0.481 e. The lowest BCUT2D eigenvalue weighted by Gasteiger charge is -2.14. The van der Waals surface area contributed by atoms with Gasteiger partial charge in [0.15, 0.2) is 17.6 Å². The maximum absolute atomic E-state index is 13.5. The zero-order valence-electron chi connectivity index (χ0n) is 10.1. The highest BCUT2D eigenvalue weighted by atomic mass is 19.2. The predicted octanol–water partition coefficient (Wildman–Crippen LogP) is 1.60. The summed E-state index contributed by atoms with van der Waals surface area (Å²) in [6.07, 6.45) is -1.23. The van der Waals surface area contributed by atoms with E-state index in [2.05, 4.69) is 0 Å². The number of hydrogen-bond donors (Lipinski definition) is 2. The van der Waals surface area contributed by atoms with Crippen LogP contribution in [0.4, 0.5) is 13.2 Å². The number of benzene rings is 1. The van der Waals surface area contributed by atoms with Gasteiger partial charge in [0.1, 0.15) is 5.82 Å². The normalized spacial score (nSPS) is 12.2. The van der Waals surface area contributed by atoms with Crippen molar-refractivity contribution in [3.63, 3.8) is 0 Å². The third-order valence-electron chi connectivity index (χ3n) is 2.72.